The molecule has 0 bridgehead atoms. The molecule has 128 valence electrons. The molecule has 0 aliphatic carbocycles. The van der Waals surface area contributed by atoms with Crippen molar-refractivity contribution in [3.8, 4) is 0 Å². The van der Waals surface area contributed by atoms with Crippen LogP contribution in [0, 0.1) is 6.92 Å². The number of aryl methyl sites for hydroxylation is 1. The van der Waals surface area contributed by atoms with Crippen molar-refractivity contribution in [1.82, 2.24) is 25.1 Å². The molecule has 0 unspecified atom stereocenters. The van der Waals surface area contributed by atoms with Crippen molar-refractivity contribution in [2.45, 2.75) is 19.9 Å². The first kappa shape index (κ1) is 16.6. The van der Waals surface area contributed by atoms with E-state index in [9.17, 15) is 4.79 Å². The maximum absolute atomic E-state index is 12.3. The van der Waals surface area contributed by atoms with Crippen molar-refractivity contribution in [1.29, 1.82) is 0 Å². The monoisotopic (exact) mass is 336 g/mol. The van der Waals surface area contributed by atoms with E-state index in [4.69, 9.17) is 0 Å². The molecule has 3 aromatic rings. The van der Waals surface area contributed by atoms with E-state index >= 15 is 0 Å². The number of hydrogen-bond donors (Lipinski definition) is 2. The first-order valence-corrected chi connectivity index (χ1v) is 7.99. The van der Waals surface area contributed by atoms with Crippen LogP contribution in [0.15, 0.2) is 48.7 Å². The van der Waals surface area contributed by atoms with Crippen molar-refractivity contribution in [3.63, 3.8) is 0 Å². The van der Waals surface area contributed by atoms with Gasteiger partial charge in [0.2, 0.25) is 5.95 Å². The number of aromatic nitrogens is 4. The van der Waals surface area contributed by atoms with Gasteiger partial charge in [0.25, 0.3) is 0 Å². The third kappa shape index (κ3) is 4.63. The van der Waals surface area contributed by atoms with Gasteiger partial charge in [-0.15, -0.1) is 5.10 Å². The van der Waals surface area contributed by atoms with Crippen molar-refractivity contribution in [2.24, 2.45) is 0 Å². The normalized spacial score (nSPS) is 10.5. The molecule has 2 N–H and O–H groups in total. The molecule has 2 aromatic heterocycles. The summed E-state index contributed by atoms with van der Waals surface area (Å²) in [4.78, 5) is 22.3. The minimum absolute atomic E-state index is 0.264. The van der Waals surface area contributed by atoms with Crippen LogP contribution in [0.5, 0.6) is 0 Å². The molecule has 0 radical (unpaired) electrons. The number of carbonyl (C=O) groups excluding carboxylic acids is 1. The SMILES string of the molecule is Cc1cc(CN(C)C(=O)Nc2n[nH]c(Cc3ccccc3)n2)ccn1. The van der Waals surface area contributed by atoms with Crippen LogP contribution in [0.4, 0.5) is 10.7 Å². The molecule has 0 aliphatic rings. The largest absolute Gasteiger partial charge is 0.324 e. The van der Waals surface area contributed by atoms with Gasteiger partial charge < -0.3 is 4.90 Å². The van der Waals surface area contributed by atoms with Crippen LogP contribution < -0.4 is 5.32 Å². The standard InChI is InChI=1S/C18H20N6O/c1-13-10-15(8-9-19-13)12-24(2)18(25)21-17-20-16(22-23-17)11-14-6-4-3-5-7-14/h3-10H,11-12H2,1-2H3,(H2,20,21,22,23,25). The van der Waals surface area contributed by atoms with E-state index in [1.807, 2.05) is 49.4 Å². The highest BCUT2D eigenvalue weighted by Crippen LogP contribution is 2.09. The summed E-state index contributed by atoms with van der Waals surface area (Å²) < 4.78 is 0. The highest BCUT2D eigenvalue weighted by Gasteiger charge is 2.12. The van der Waals surface area contributed by atoms with Crippen molar-refractivity contribution >= 4 is 12.0 Å². The number of rotatable bonds is 5. The maximum atomic E-state index is 12.3. The van der Waals surface area contributed by atoms with Crippen LogP contribution in [-0.4, -0.2) is 38.1 Å². The number of nitrogens with zero attached hydrogens (tertiary/aromatic N) is 4. The number of benzene rings is 1. The van der Waals surface area contributed by atoms with E-state index in [0.717, 1.165) is 16.8 Å². The molecule has 2 amide bonds. The smallest absolute Gasteiger partial charge is 0.323 e. The molecular weight excluding hydrogens is 316 g/mol. The van der Waals surface area contributed by atoms with Gasteiger partial charge in [0, 0.05) is 31.9 Å². The van der Waals surface area contributed by atoms with Crippen molar-refractivity contribution in [3.05, 3.63) is 71.3 Å². The highest BCUT2D eigenvalue weighted by molar-refractivity contribution is 5.87. The van der Waals surface area contributed by atoms with E-state index in [1.165, 1.54) is 0 Å². The zero-order valence-electron chi connectivity index (χ0n) is 14.2. The second-order valence-corrected chi connectivity index (χ2v) is 5.86. The van der Waals surface area contributed by atoms with E-state index in [1.54, 1.807) is 18.1 Å². The second-order valence-electron chi connectivity index (χ2n) is 5.86. The first-order valence-electron chi connectivity index (χ1n) is 7.99. The summed E-state index contributed by atoms with van der Waals surface area (Å²) in [6, 6.07) is 13.5. The molecule has 0 atom stereocenters. The van der Waals surface area contributed by atoms with Gasteiger partial charge in [-0.25, -0.2) is 4.79 Å². The Kier molecular flexibility index (Phi) is 5.03. The fourth-order valence-corrected chi connectivity index (χ4v) is 2.46. The lowest BCUT2D eigenvalue weighted by Crippen LogP contribution is -2.31. The molecule has 2 heterocycles. The highest BCUT2D eigenvalue weighted by atomic mass is 16.2. The number of aromatic amines is 1. The summed E-state index contributed by atoms with van der Waals surface area (Å²) in [5, 5.41) is 9.60. The van der Waals surface area contributed by atoms with E-state index in [0.29, 0.717) is 18.8 Å². The molecule has 0 aliphatic heterocycles. The number of nitrogens with one attached hydrogen (secondary N) is 2. The van der Waals surface area contributed by atoms with E-state index in [2.05, 4.69) is 25.5 Å². The number of urea groups is 1. The Morgan fingerprint density at radius 2 is 2.00 bits per heavy atom. The summed E-state index contributed by atoms with van der Waals surface area (Å²) in [6.45, 7) is 2.40. The average molecular weight is 336 g/mol. The topological polar surface area (TPSA) is 86.8 Å². The molecule has 25 heavy (non-hydrogen) atoms. The lowest BCUT2D eigenvalue weighted by Gasteiger charge is -2.16. The van der Waals surface area contributed by atoms with E-state index in [-0.39, 0.29) is 12.0 Å². The third-order valence-corrected chi connectivity index (χ3v) is 3.69. The van der Waals surface area contributed by atoms with Crippen LogP contribution in [-0.2, 0) is 13.0 Å². The zero-order valence-corrected chi connectivity index (χ0v) is 14.2. The van der Waals surface area contributed by atoms with Gasteiger partial charge in [-0.2, -0.15) is 4.98 Å². The Morgan fingerprint density at radius 3 is 2.76 bits per heavy atom. The summed E-state index contributed by atoms with van der Waals surface area (Å²) in [5.74, 6) is 0.975. The van der Waals surface area contributed by atoms with Gasteiger partial charge in [0.1, 0.15) is 5.82 Å². The van der Waals surface area contributed by atoms with Crippen LogP contribution >= 0.6 is 0 Å². The van der Waals surface area contributed by atoms with E-state index < -0.39 is 0 Å². The Bertz CT molecular complexity index is 846. The number of hydrogen-bond acceptors (Lipinski definition) is 4. The van der Waals surface area contributed by atoms with Crippen LogP contribution in [0.3, 0.4) is 0 Å². The third-order valence-electron chi connectivity index (χ3n) is 3.69. The first-order chi connectivity index (χ1) is 12.1. The molecule has 7 nitrogen and oxygen atoms in total. The fourth-order valence-electron chi connectivity index (χ4n) is 2.46. The number of carbonyl (C=O) groups is 1. The molecule has 7 heteroatoms. The minimum atomic E-state index is -0.264. The molecule has 0 spiro atoms. The summed E-state index contributed by atoms with van der Waals surface area (Å²) in [5.41, 5.74) is 3.07. The summed E-state index contributed by atoms with van der Waals surface area (Å²) >= 11 is 0. The summed E-state index contributed by atoms with van der Waals surface area (Å²) in [7, 11) is 1.72. The van der Waals surface area contributed by atoms with Crippen LogP contribution in [0.2, 0.25) is 0 Å². The maximum Gasteiger partial charge on any atom is 0.324 e. The molecule has 0 saturated heterocycles. The lowest BCUT2D eigenvalue weighted by molar-refractivity contribution is 0.220. The summed E-state index contributed by atoms with van der Waals surface area (Å²) in [6.07, 6.45) is 2.37. The predicted molar refractivity (Wildman–Crippen MR) is 95.1 cm³/mol. The Labute approximate surface area is 146 Å². The quantitative estimate of drug-likeness (QED) is 0.750. The van der Waals surface area contributed by atoms with Gasteiger partial charge in [0.15, 0.2) is 0 Å². The minimum Gasteiger partial charge on any atom is -0.323 e. The van der Waals surface area contributed by atoms with Gasteiger partial charge >= 0.3 is 6.03 Å². The number of anilines is 1. The molecule has 0 fully saturated rings. The number of H-pyrrole nitrogens is 1. The Hall–Kier alpha value is -3.22. The van der Waals surface area contributed by atoms with Crippen LogP contribution in [0.25, 0.3) is 0 Å². The molecular formula is C18H20N6O. The zero-order chi connectivity index (χ0) is 17.6. The predicted octanol–water partition coefficient (Wildman–Crippen LogP) is 2.76. The Balaban J connectivity index is 1.57. The van der Waals surface area contributed by atoms with Crippen molar-refractivity contribution < 1.29 is 4.79 Å². The Morgan fingerprint density at radius 1 is 1.20 bits per heavy atom. The molecule has 1 aromatic carbocycles. The molecule has 0 saturated carbocycles. The van der Waals surface area contributed by atoms with Gasteiger partial charge in [-0.05, 0) is 30.2 Å². The van der Waals surface area contributed by atoms with Crippen molar-refractivity contribution in [2.75, 3.05) is 12.4 Å². The molecule has 3 rings (SSSR count). The number of amides is 2. The average Bonchev–Trinajstić information content (AvgIpc) is 3.02. The fraction of sp³-hybridized carbons (Fsp3) is 0.222. The lowest BCUT2D eigenvalue weighted by atomic mass is 10.1. The number of pyridine rings is 1. The van der Waals surface area contributed by atoms with Gasteiger partial charge in [-0.3, -0.25) is 15.4 Å². The van der Waals surface area contributed by atoms with Crippen LogP contribution in [0.1, 0.15) is 22.6 Å². The second kappa shape index (κ2) is 7.57. The van der Waals surface area contributed by atoms with Gasteiger partial charge in [0.05, 0.1) is 0 Å². The van der Waals surface area contributed by atoms with Gasteiger partial charge in [-0.1, -0.05) is 30.3 Å².